The molecule has 1 saturated heterocycles. The van der Waals surface area contributed by atoms with E-state index < -0.39 is 8.32 Å². The Labute approximate surface area is 122 Å². The van der Waals surface area contributed by atoms with Gasteiger partial charge in [0.05, 0.1) is 0 Å². The van der Waals surface area contributed by atoms with Gasteiger partial charge >= 0.3 is 0 Å². The highest BCUT2D eigenvalue weighted by Crippen LogP contribution is 2.70. The molecule has 2 fully saturated rings. The largest absolute Gasteiger partial charge is 0.416 e. The van der Waals surface area contributed by atoms with Gasteiger partial charge in [-0.2, -0.15) is 0 Å². The summed E-state index contributed by atoms with van der Waals surface area (Å²) in [4.78, 5) is 0. The van der Waals surface area contributed by atoms with Crippen LogP contribution >= 0.6 is 0 Å². The van der Waals surface area contributed by atoms with Gasteiger partial charge < -0.3 is 4.43 Å². The zero-order chi connectivity index (χ0) is 13.8. The molecule has 2 atom stereocenters. The van der Waals surface area contributed by atoms with E-state index in [2.05, 4.69) is 56.3 Å². The minimum atomic E-state index is -1.43. The number of fused-ring (bicyclic) bond motifs is 2. The Morgan fingerprint density at radius 1 is 1.10 bits per heavy atom. The van der Waals surface area contributed by atoms with E-state index in [4.69, 9.17) is 4.43 Å². The molecule has 1 aliphatic carbocycles. The maximum Gasteiger partial charge on any atom is 0.196 e. The van der Waals surface area contributed by atoms with E-state index in [9.17, 15) is 0 Å². The third kappa shape index (κ3) is 1.52. The van der Waals surface area contributed by atoms with Crippen LogP contribution in [0.2, 0.25) is 17.6 Å². The summed E-state index contributed by atoms with van der Waals surface area (Å²) in [5.41, 5.74) is 2.77. The first kappa shape index (κ1) is 12.6. The van der Waals surface area contributed by atoms with Crippen LogP contribution < -0.4 is 0 Å². The number of benzene rings is 2. The Morgan fingerprint density at radius 2 is 1.85 bits per heavy atom. The molecule has 1 heterocycles. The predicted octanol–water partition coefficient (Wildman–Crippen LogP) is 4.87. The molecule has 1 unspecified atom stereocenters. The van der Waals surface area contributed by atoms with Crippen molar-refractivity contribution >= 4 is 19.1 Å². The van der Waals surface area contributed by atoms with Crippen LogP contribution in [0.25, 0.3) is 10.8 Å². The van der Waals surface area contributed by atoms with Crippen LogP contribution in [0, 0.1) is 0 Å². The normalized spacial score (nSPS) is 30.4. The van der Waals surface area contributed by atoms with Crippen LogP contribution in [-0.4, -0.2) is 14.9 Å². The van der Waals surface area contributed by atoms with Gasteiger partial charge in [-0.1, -0.05) is 56.3 Å². The van der Waals surface area contributed by atoms with E-state index in [0.29, 0.717) is 5.41 Å². The molecule has 0 spiro atoms. The molecule has 0 bridgehead atoms. The van der Waals surface area contributed by atoms with Gasteiger partial charge in [0.1, 0.15) is 0 Å². The van der Waals surface area contributed by atoms with Gasteiger partial charge in [-0.05, 0) is 40.4 Å². The van der Waals surface area contributed by atoms with Gasteiger partial charge in [0.15, 0.2) is 8.32 Å². The first-order chi connectivity index (χ1) is 9.74. The van der Waals surface area contributed by atoms with Crippen LogP contribution in [0.4, 0.5) is 0 Å². The van der Waals surface area contributed by atoms with Gasteiger partial charge in [0, 0.05) is 12.0 Å². The Hall–Kier alpha value is -1.12. The molecule has 4 rings (SSSR count). The molecule has 104 valence electrons. The average Bonchev–Trinajstić information content (AvgIpc) is 3.18. The Kier molecular flexibility index (Phi) is 2.64. The summed E-state index contributed by atoms with van der Waals surface area (Å²) < 4.78 is 6.41. The number of hydrogen-bond donors (Lipinski definition) is 0. The standard InChI is InChI=1S/C18H22OSi/c1-3-20(4-2)17-12-18(17,13-19-20)16-10-9-14-7-5-6-8-15(14)11-16/h5-11,17H,3-4,12-13H2,1-2H3/t17?,18-/m0/s1. The van der Waals surface area contributed by atoms with Crippen LogP contribution in [0.15, 0.2) is 42.5 Å². The quantitative estimate of drug-likeness (QED) is 0.730. The van der Waals surface area contributed by atoms with E-state index in [1.54, 1.807) is 0 Å². The Bertz CT molecular complexity index is 661. The van der Waals surface area contributed by atoms with E-state index in [1.165, 1.54) is 34.8 Å². The van der Waals surface area contributed by atoms with E-state index in [0.717, 1.165) is 12.1 Å². The highest BCUT2D eigenvalue weighted by Gasteiger charge is 2.70. The van der Waals surface area contributed by atoms with Crippen molar-refractivity contribution in [2.45, 2.75) is 43.3 Å². The second-order valence-corrected chi connectivity index (χ2v) is 11.1. The summed E-state index contributed by atoms with van der Waals surface area (Å²) in [6.07, 6.45) is 1.37. The molecule has 1 saturated carbocycles. The van der Waals surface area contributed by atoms with E-state index >= 15 is 0 Å². The summed E-state index contributed by atoms with van der Waals surface area (Å²) >= 11 is 0. The number of rotatable bonds is 3. The minimum Gasteiger partial charge on any atom is -0.416 e. The molecule has 2 heteroatoms. The van der Waals surface area contributed by atoms with Crippen molar-refractivity contribution in [3.8, 4) is 0 Å². The smallest absolute Gasteiger partial charge is 0.196 e. The van der Waals surface area contributed by atoms with Crippen molar-refractivity contribution in [2.75, 3.05) is 6.61 Å². The first-order valence-corrected chi connectivity index (χ1v) is 10.3. The summed E-state index contributed by atoms with van der Waals surface area (Å²) in [7, 11) is -1.43. The van der Waals surface area contributed by atoms with Crippen LogP contribution in [0.5, 0.6) is 0 Å². The third-order valence-electron chi connectivity index (χ3n) is 5.85. The Balaban J connectivity index is 1.75. The van der Waals surface area contributed by atoms with Crippen LogP contribution in [0.1, 0.15) is 25.8 Å². The molecule has 1 aliphatic heterocycles. The zero-order valence-electron chi connectivity index (χ0n) is 12.4. The maximum absolute atomic E-state index is 6.41. The fourth-order valence-electron chi connectivity index (χ4n) is 4.38. The summed E-state index contributed by atoms with van der Waals surface area (Å²) in [6, 6.07) is 18.3. The topological polar surface area (TPSA) is 9.23 Å². The molecule has 1 nitrogen and oxygen atoms in total. The molecule has 0 radical (unpaired) electrons. The summed E-state index contributed by atoms with van der Waals surface area (Å²) in [6.45, 7) is 5.65. The van der Waals surface area contributed by atoms with Gasteiger partial charge in [-0.15, -0.1) is 0 Å². The predicted molar refractivity (Wildman–Crippen MR) is 86.7 cm³/mol. The first-order valence-electron chi connectivity index (χ1n) is 7.87. The summed E-state index contributed by atoms with van der Waals surface area (Å²) in [5.74, 6) is 0. The molecule has 20 heavy (non-hydrogen) atoms. The van der Waals surface area contributed by atoms with E-state index in [1.807, 2.05) is 0 Å². The van der Waals surface area contributed by atoms with Crippen LogP contribution in [-0.2, 0) is 9.84 Å². The lowest BCUT2D eigenvalue weighted by Crippen LogP contribution is -2.33. The van der Waals surface area contributed by atoms with Gasteiger partial charge in [-0.25, -0.2) is 0 Å². The van der Waals surface area contributed by atoms with Gasteiger partial charge in [0.2, 0.25) is 0 Å². The average molecular weight is 282 g/mol. The lowest BCUT2D eigenvalue weighted by atomic mass is 9.94. The highest BCUT2D eigenvalue weighted by molar-refractivity contribution is 6.77. The molecule has 0 aromatic heterocycles. The zero-order valence-corrected chi connectivity index (χ0v) is 13.4. The molecule has 0 N–H and O–H groups in total. The van der Waals surface area contributed by atoms with Gasteiger partial charge in [0.25, 0.3) is 0 Å². The van der Waals surface area contributed by atoms with Crippen molar-refractivity contribution in [1.82, 2.24) is 0 Å². The van der Waals surface area contributed by atoms with Crippen molar-refractivity contribution < 1.29 is 4.43 Å². The monoisotopic (exact) mass is 282 g/mol. The lowest BCUT2D eigenvalue weighted by molar-refractivity contribution is 0.296. The fourth-order valence-corrected chi connectivity index (χ4v) is 9.01. The molecular formula is C18H22OSi. The third-order valence-corrected chi connectivity index (χ3v) is 11.0. The molecule has 2 aromatic rings. The van der Waals surface area contributed by atoms with Crippen LogP contribution in [0.3, 0.4) is 0 Å². The fraction of sp³-hybridized carbons (Fsp3) is 0.444. The molecule has 2 aromatic carbocycles. The second kappa shape index (κ2) is 4.19. The molecule has 0 amide bonds. The lowest BCUT2D eigenvalue weighted by Gasteiger charge is -2.24. The Morgan fingerprint density at radius 3 is 2.50 bits per heavy atom. The summed E-state index contributed by atoms with van der Waals surface area (Å²) in [5, 5.41) is 2.72. The molecule has 2 aliphatic rings. The maximum atomic E-state index is 6.41. The second-order valence-electron chi connectivity index (χ2n) is 6.54. The van der Waals surface area contributed by atoms with Gasteiger partial charge in [-0.3, -0.25) is 0 Å². The SMILES string of the molecule is CC[Si]1(CC)OC[C@]2(c3ccc4ccccc4c3)CC21. The van der Waals surface area contributed by atoms with Crippen molar-refractivity contribution in [3.63, 3.8) is 0 Å². The highest BCUT2D eigenvalue weighted by atomic mass is 28.4. The molecular weight excluding hydrogens is 260 g/mol. The van der Waals surface area contributed by atoms with Crippen molar-refractivity contribution in [1.29, 1.82) is 0 Å². The minimum absolute atomic E-state index is 0.377. The van der Waals surface area contributed by atoms with E-state index in [-0.39, 0.29) is 0 Å². The van der Waals surface area contributed by atoms with Crippen molar-refractivity contribution in [3.05, 3.63) is 48.0 Å². The van der Waals surface area contributed by atoms with Crippen molar-refractivity contribution in [2.24, 2.45) is 0 Å². The number of hydrogen-bond acceptors (Lipinski definition) is 1.